The van der Waals surface area contributed by atoms with Gasteiger partial charge in [0.2, 0.25) is 0 Å². The van der Waals surface area contributed by atoms with Gasteiger partial charge in [-0.05, 0) is 31.9 Å². The second kappa shape index (κ2) is 5.50. The molecule has 1 aliphatic rings. The molecular formula is C15H19NO3. The second-order valence-electron chi connectivity index (χ2n) is 5.20. The number of nitriles is 1. The number of benzene rings is 1. The molecule has 1 fully saturated rings. The van der Waals surface area contributed by atoms with Gasteiger partial charge in [0.15, 0.2) is 0 Å². The van der Waals surface area contributed by atoms with Gasteiger partial charge in [0.1, 0.15) is 11.5 Å². The van der Waals surface area contributed by atoms with Crippen LogP contribution in [0.15, 0.2) is 18.2 Å². The molecule has 0 amide bonds. The Morgan fingerprint density at radius 2 is 2.21 bits per heavy atom. The standard InChI is InChI=1S/C15H19NO3/c1-11(17)13-4-3-12(18-2)9-14(13)19-10-15(5-6-15)7-8-16/h3-4,9,11,17H,5-7,10H2,1-2H3. The highest BCUT2D eigenvalue weighted by Crippen LogP contribution is 2.49. The number of ether oxygens (including phenoxy) is 2. The van der Waals surface area contributed by atoms with Gasteiger partial charge in [-0.2, -0.15) is 5.26 Å². The summed E-state index contributed by atoms with van der Waals surface area (Å²) in [7, 11) is 1.60. The zero-order valence-electron chi connectivity index (χ0n) is 11.3. The summed E-state index contributed by atoms with van der Waals surface area (Å²) in [4.78, 5) is 0. The fourth-order valence-corrected chi connectivity index (χ4v) is 2.06. The molecule has 1 aromatic rings. The molecule has 102 valence electrons. The summed E-state index contributed by atoms with van der Waals surface area (Å²) < 4.78 is 11.0. The van der Waals surface area contributed by atoms with Crippen molar-refractivity contribution in [1.29, 1.82) is 5.26 Å². The summed E-state index contributed by atoms with van der Waals surface area (Å²) in [6, 6.07) is 7.61. The van der Waals surface area contributed by atoms with Gasteiger partial charge in [-0.3, -0.25) is 0 Å². The number of nitrogens with zero attached hydrogens (tertiary/aromatic N) is 1. The molecule has 2 rings (SSSR count). The molecule has 1 saturated carbocycles. The van der Waals surface area contributed by atoms with Crippen molar-refractivity contribution in [2.45, 2.75) is 32.3 Å². The third-order valence-electron chi connectivity index (χ3n) is 3.62. The molecule has 0 spiro atoms. The van der Waals surface area contributed by atoms with Crippen LogP contribution in [0, 0.1) is 16.7 Å². The number of aliphatic hydroxyl groups is 1. The van der Waals surface area contributed by atoms with E-state index in [0.717, 1.165) is 18.4 Å². The van der Waals surface area contributed by atoms with E-state index in [1.165, 1.54) is 0 Å². The number of hydrogen-bond donors (Lipinski definition) is 1. The van der Waals surface area contributed by atoms with E-state index >= 15 is 0 Å². The first kappa shape index (κ1) is 13.7. The van der Waals surface area contributed by atoms with E-state index in [-0.39, 0.29) is 5.41 Å². The molecule has 0 heterocycles. The minimum atomic E-state index is -0.591. The van der Waals surface area contributed by atoms with E-state index < -0.39 is 6.10 Å². The van der Waals surface area contributed by atoms with Gasteiger partial charge in [0.25, 0.3) is 0 Å². The normalized spacial score (nSPS) is 17.4. The Bertz CT molecular complexity index is 487. The molecule has 1 N–H and O–H groups in total. The average Bonchev–Trinajstić information content (AvgIpc) is 3.16. The zero-order valence-corrected chi connectivity index (χ0v) is 11.3. The maximum absolute atomic E-state index is 9.74. The highest BCUT2D eigenvalue weighted by molar-refractivity contribution is 5.41. The van der Waals surface area contributed by atoms with E-state index in [0.29, 0.717) is 24.5 Å². The third kappa shape index (κ3) is 3.18. The SMILES string of the molecule is COc1ccc(C(C)O)c(OCC2(CC#N)CC2)c1. The molecule has 4 heteroatoms. The molecule has 1 aromatic carbocycles. The van der Waals surface area contributed by atoms with Gasteiger partial charge in [-0.1, -0.05) is 0 Å². The lowest BCUT2D eigenvalue weighted by molar-refractivity contribution is 0.183. The van der Waals surface area contributed by atoms with Crippen molar-refractivity contribution in [2.24, 2.45) is 5.41 Å². The second-order valence-corrected chi connectivity index (χ2v) is 5.20. The topological polar surface area (TPSA) is 62.5 Å². The summed E-state index contributed by atoms with van der Waals surface area (Å²) in [5.41, 5.74) is 0.766. The van der Waals surface area contributed by atoms with Crippen molar-refractivity contribution in [3.8, 4) is 17.6 Å². The molecule has 1 atom stereocenters. The molecule has 0 bridgehead atoms. The Morgan fingerprint density at radius 1 is 1.47 bits per heavy atom. The van der Waals surface area contributed by atoms with E-state index in [1.54, 1.807) is 26.2 Å². The van der Waals surface area contributed by atoms with Crippen LogP contribution in [0.25, 0.3) is 0 Å². The third-order valence-corrected chi connectivity index (χ3v) is 3.62. The van der Waals surface area contributed by atoms with Crippen molar-refractivity contribution in [2.75, 3.05) is 13.7 Å². The molecule has 0 saturated heterocycles. The molecule has 1 aliphatic carbocycles. The van der Waals surface area contributed by atoms with Crippen LogP contribution in [-0.2, 0) is 0 Å². The van der Waals surface area contributed by atoms with Crippen LogP contribution >= 0.6 is 0 Å². The molecule has 1 unspecified atom stereocenters. The Morgan fingerprint density at radius 3 is 2.74 bits per heavy atom. The predicted octanol–water partition coefficient (Wildman–Crippen LogP) is 2.82. The monoisotopic (exact) mass is 261 g/mol. The van der Waals surface area contributed by atoms with Crippen LogP contribution < -0.4 is 9.47 Å². The van der Waals surface area contributed by atoms with Crippen molar-refractivity contribution >= 4 is 0 Å². The van der Waals surface area contributed by atoms with E-state index in [4.69, 9.17) is 14.7 Å². The minimum Gasteiger partial charge on any atom is -0.497 e. The lowest BCUT2D eigenvalue weighted by atomic mass is 10.1. The van der Waals surface area contributed by atoms with Crippen LogP contribution in [0.5, 0.6) is 11.5 Å². The lowest BCUT2D eigenvalue weighted by Gasteiger charge is -2.17. The van der Waals surface area contributed by atoms with Crippen molar-refractivity contribution < 1.29 is 14.6 Å². The first-order valence-corrected chi connectivity index (χ1v) is 6.46. The number of hydrogen-bond acceptors (Lipinski definition) is 4. The van der Waals surface area contributed by atoms with Crippen LogP contribution in [0.1, 0.15) is 37.9 Å². The molecular weight excluding hydrogens is 242 g/mol. The number of rotatable bonds is 6. The van der Waals surface area contributed by atoms with Crippen molar-refractivity contribution in [3.63, 3.8) is 0 Å². The molecule has 19 heavy (non-hydrogen) atoms. The van der Waals surface area contributed by atoms with Gasteiger partial charge in [-0.25, -0.2) is 0 Å². The Kier molecular flexibility index (Phi) is 3.96. The summed E-state index contributed by atoms with van der Waals surface area (Å²) in [5.74, 6) is 1.34. The van der Waals surface area contributed by atoms with Gasteiger partial charge in [0.05, 0.1) is 25.9 Å². The van der Waals surface area contributed by atoms with Gasteiger partial charge in [0, 0.05) is 23.5 Å². The summed E-state index contributed by atoms with van der Waals surface area (Å²) in [5, 5.41) is 18.5. The van der Waals surface area contributed by atoms with Gasteiger partial charge >= 0.3 is 0 Å². The van der Waals surface area contributed by atoms with E-state index in [9.17, 15) is 5.11 Å². The quantitative estimate of drug-likeness (QED) is 0.855. The fourth-order valence-electron chi connectivity index (χ4n) is 2.06. The van der Waals surface area contributed by atoms with E-state index in [2.05, 4.69) is 6.07 Å². The maximum atomic E-state index is 9.74. The van der Waals surface area contributed by atoms with Crippen LogP contribution in [-0.4, -0.2) is 18.8 Å². The maximum Gasteiger partial charge on any atom is 0.128 e. The minimum absolute atomic E-state index is 0.0216. The van der Waals surface area contributed by atoms with Crippen molar-refractivity contribution in [1.82, 2.24) is 0 Å². The Balaban J connectivity index is 2.12. The molecule has 0 aliphatic heterocycles. The fraction of sp³-hybridized carbons (Fsp3) is 0.533. The number of aliphatic hydroxyl groups excluding tert-OH is 1. The smallest absolute Gasteiger partial charge is 0.128 e. The van der Waals surface area contributed by atoms with Gasteiger partial charge < -0.3 is 14.6 Å². The number of methoxy groups -OCH3 is 1. The summed E-state index contributed by atoms with van der Waals surface area (Å²) in [6.45, 7) is 2.23. The highest BCUT2D eigenvalue weighted by atomic mass is 16.5. The first-order valence-electron chi connectivity index (χ1n) is 6.46. The van der Waals surface area contributed by atoms with Crippen LogP contribution in [0.2, 0.25) is 0 Å². The lowest BCUT2D eigenvalue weighted by Crippen LogP contribution is -2.13. The van der Waals surface area contributed by atoms with E-state index in [1.807, 2.05) is 6.07 Å². The highest BCUT2D eigenvalue weighted by Gasteiger charge is 2.43. The molecule has 4 nitrogen and oxygen atoms in total. The van der Waals surface area contributed by atoms with Gasteiger partial charge in [-0.15, -0.1) is 0 Å². The molecule has 0 aromatic heterocycles. The average molecular weight is 261 g/mol. The summed E-state index contributed by atoms with van der Waals surface area (Å²) >= 11 is 0. The Labute approximate surface area is 113 Å². The largest absolute Gasteiger partial charge is 0.497 e. The van der Waals surface area contributed by atoms with Crippen LogP contribution in [0.3, 0.4) is 0 Å². The van der Waals surface area contributed by atoms with Crippen LogP contribution in [0.4, 0.5) is 0 Å². The first-order chi connectivity index (χ1) is 9.10. The Hall–Kier alpha value is -1.73. The predicted molar refractivity (Wildman–Crippen MR) is 71.0 cm³/mol. The zero-order chi connectivity index (χ0) is 13.9. The molecule has 0 radical (unpaired) electrons. The summed E-state index contributed by atoms with van der Waals surface area (Å²) in [6.07, 6.45) is 2.01. The van der Waals surface area contributed by atoms with Crippen molar-refractivity contribution in [3.05, 3.63) is 23.8 Å².